The molecule has 0 aliphatic heterocycles. The van der Waals surface area contributed by atoms with Crippen LogP contribution in [0.1, 0.15) is 31.1 Å². The predicted octanol–water partition coefficient (Wildman–Crippen LogP) is -0.655. The van der Waals surface area contributed by atoms with Crippen LogP contribution in [0.25, 0.3) is 0 Å². The number of aromatic carboxylic acids is 1. The molecule has 0 fully saturated rings. The van der Waals surface area contributed by atoms with E-state index >= 15 is 0 Å². The van der Waals surface area contributed by atoms with Crippen molar-refractivity contribution >= 4 is 31.3 Å². The Morgan fingerprint density at radius 3 is 2.24 bits per heavy atom. The molecule has 0 bridgehead atoms. The first-order chi connectivity index (χ1) is 7.69. The van der Waals surface area contributed by atoms with E-state index in [-0.39, 0.29) is 16.3 Å². The second-order valence-electron chi connectivity index (χ2n) is 5.38. The first-order valence-corrected chi connectivity index (χ1v) is 5.42. The van der Waals surface area contributed by atoms with Gasteiger partial charge in [0.1, 0.15) is 0 Å². The Morgan fingerprint density at radius 1 is 1.24 bits per heavy atom. The zero-order valence-electron chi connectivity index (χ0n) is 10.3. The van der Waals surface area contributed by atoms with Crippen LogP contribution in [0.4, 0.5) is 0 Å². The molecule has 0 aromatic heterocycles. The topological polar surface area (TPSA) is 77.8 Å². The molecule has 0 saturated heterocycles. The molecule has 6 heteroatoms. The van der Waals surface area contributed by atoms with Gasteiger partial charge in [-0.3, -0.25) is 0 Å². The van der Waals surface area contributed by atoms with Crippen LogP contribution in [0.3, 0.4) is 0 Å². The Morgan fingerprint density at radius 2 is 1.82 bits per heavy atom. The third-order valence-corrected chi connectivity index (χ3v) is 2.29. The van der Waals surface area contributed by atoms with E-state index in [0.717, 1.165) is 5.46 Å². The summed E-state index contributed by atoms with van der Waals surface area (Å²) >= 11 is 0. The summed E-state index contributed by atoms with van der Waals surface area (Å²) in [5.74, 6) is -1.07. The van der Waals surface area contributed by atoms with E-state index in [1.54, 1.807) is 12.1 Å². The highest BCUT2D eigenvalue weighted by molar-refractivity contribution is 6.61. The first-order valence-electron chi connectivity index (χ1n) is 5.42. The molecule has 4 nitrogen and oxygen atoms in total. The first kappa shape index (κ1) is 13.8. The summed E-state index contributed by atoms with van der Waals surface area (Å²) in [6.07, 6.45) is 0. The second kappa shape index (κ2) is 4.94. The van der Waals surface area contributed by atoms with Gasteiger partial charge in [0.15, 0.2) is 7.28 Å². The van der Waals surface area contributed by atoms with Gasteiger partial charge in [-0.25, -0.2) is 4.79 Å². The summed E-state index contributed by atoms with van der Waals surface area (Å²) in [6.45, 7) is 6.11. The maximum absolute atomic E-state index is 10.9. The number of carboxylic acids is 1. The van der Waals surface area contributed by atoms with E-state index in [4.69, 9.17) is 15.2 Å². The third-order valence-electron chi connectivity index (χ3n) is 2.29. The maximum atomic E-state index is 10.9. The summed E-state index contributed by atoms with van der Waals surface area (Å²) < 4.78 is 0. The van der Waals surface area contributed by atoms with Gasteiger partial charge < -0.3 is 15.2 Å². The molecule has 0 radical (unpaired) electrons. The van der Waals surface area contributed by atoms with E-state index in [1.807, 2.05) is 20.8 Å². The van der Waals surface area contributed by atoms with E-state index in [1.165, 1.54) is 6.07 Å². The molecule has 0 spiro atoms. The van der Waals surface area contributed by atoms with Crippen molar-refractivity contribution in [2.24, 2.45) is 0 Å². The Hall–Kier alpha value is -1.26. The lowest BCUT2D eigenvalue weighted by Crippen LogP contribution is -2.36. The van der Waals surface area contributed by atoms with Crippen LogP contribution in [-0.4, -0.2) is 35.5 Å². The number of hydrogen-bond acceptors (Lipinski definition) is 3. The van der Waals surface area contributed by atoms with Crippen molar-refractivity contribution in [3.63, 3.8) is 0 Å². The summed E-state index contributed by atoms with van der Waals surface area (Å²) in [6, 6.07) is 4.47. The summed E-state index contributed by atoms with van der Waals surface area (Å²) in [5, 5.41) is 27.2. The molecule has 90 valence electrons. The Balaban J connectivity index is 3.17. The van der Waals surface area contributed by atoms with Gasteiger partial charge in [0.05, 0.1) is 5.56 Å². The molecule has 1 rings (SSSR count). The van der Waals surface area contributed by atoms with Gasteiger partial charge in [0, 0.05) is 0 Å². The molecular formula is C11H16B2O4. The maximum Gasteiger partial charge on any atom is 0.488 e. The Kier molecular flexibility index (Phi) is 4.01. The van der Waals surface area contributed by atoms with Crippen molar-refractivity contribution in [3.8, 4) is 0 Å². The minimum absolute atomic E-state index is 0.00873. The highest BCUT2D eigenvalue weighted by atomic mass is 16.4. The lowest BCUT2D eigenvalue weighted by atomic mass is 9.50. The van der Waals surface area contributed by atoms with E-state index < -0.39 is 13.1 Å². The molecule has 0 heterocycles. The van der Waals surface area contributed by atoms with Gasteiger partial charge in [-0.15, -0.1) is 0 Å². The van der Waals surface area contributed by atoms with Crippen LogP contribution in [-0.2, 0) is 0 Å². The second-order valence-corrected chi connectivity index (χ2v) is 5.38. The third kappa shape index (κ3) is 4.24. The molecular weight excluding hydrogens is 218 g/mol. The lowest BCUT2D eigenvalue weighted by Gasteiger charge is -2.17. The van der Waals surface area contributed by atoms with Gasteiger partial charge >= 0.3 is 13.1 Å². The number of rotatable bonds is 3. The molecule has 0 atom stereocenters. The predicted molar refractivity (Wildman–Crippen MR) is 69.7 cm³/mol. The number of benzene rings is 1. The fourth-order valence-electron chi connectivity index (χ4n) is 1.71. The van der Waals surface area contributed by atoms with Crippen LogP contribution >= 0.6 is 0 Å². The van der Waals surface area contributed by atoms with Gasteiger partial charge in [-0.05, 0) is 11.5 Å². The molecule has 3 N–H and O–H groups in total. The SMILES string of the molecule is CC(C)(C)Bc1cc(B(O)O)cc(C(=O)O)c1. The van der Waals surface area contributed by atoms with Gasteiger partial charge in [0.2, 0.25) is 0 Å². The zero-order valence-corrected chi connectivity index (χ0v) is 10.3. The van der Waals surface area contributed by atoms with Crippen molar-refractivity contribution in [2.45, 2.75) is 26.1 Å². The number of carboxylic acid groups (broad SMARTS) is 1. The number of hydrogen-bond donors (Lipinski definition) is 3. The van der Waals surface area contributed by atoms with Crippen LogP contribution in [0.15, 0.2) is 18.2 Å². The van der Waals surface area contributed by atoms with Gasteiger partial charge in [-0.1, -0.05) is 43.7 Å². The van der Waals surface area contributed by atoms with E-state index in [0.29, 0.717) is 7.28 Å². The molecule has 1 aromatic rings. The Bertz CT molecular complexity index is 424. The fourth-order valence-corrected chi connectivity index (χ4v) is 1.71. The van der Waals surface area contributed by atoms with Gasteiger partial charge in [-0.2, -0.15) is 0 Å². The highest BCUT2D eigenvalue weighted by Crippen LogP contribution is 2.19. The van der Waals surface area contributed by atoms with Crippen molar-refractivity contribution in [1.29, 1.82) is 0 Å². The van der Waals surface area contributed by atoms with E-state index in [2.05, 4.69) is 0 Å². The molecule has 0 aliphatic rings. The van der Waals surface area contributed by atoms with E-state index in [9.17, 15) is 4.79 Å². The fraction of sp³-hybridized carbons (Fsp3) is 0.364. The van der Waals surface area contributed by atoms with Crippen molar-refractivity contribution in [3.05, 3.63) is 23.8 Å². The molecule has 0 amide bonds. The molecule has 0 aliphatic carbocycles. The van der Waals surface area contributed by atoms with Crippen LogP contribution in [0, 0.1) is 0 Å². The molecule has 0 unspecified atom stereocenters. The van der Waals surface area contributed by atoms with Crippen LogP contribution < -0.4 is 10.9 Å². The average molecular weight is 234 g/mol. The molecule has 1 aromatic carbocycles. The summed E-state index contributed by atoms with van der Waals surface area (Å²) in [7, 11) is -0.971. The lowest BCUT2D eigenvalue weighted by molar-refractivity contribution is 0.0697. The molecule has 0 saturated carbocycles. The monoisotopic (exact) mass is 234 g/mol. The van der Waals surface area contributed by atoms with Gasteiger partial charge in [0.25, 0.3) is 0 Å². The van der Waals surface area contributed by atoms with Crippen LogP contribution in [0.2, 0.25) is 5.31 Å². The number of carbonyl (C=O) groups is 1. The highest BCUT2D eigenvalue weighted by Gasteiger charge is 2.19. The minimum Gasteiger partial charge on any atom is -0.478 e. The zero-order chi connectivity index (χ0) is 13.2. The van der Waals surface area contributed by atoms with Crippen molar-refractivity contribution < 1.29 is 19.9 Å². The quantitative estimate of drug-likeness (QED) is 0.607. The normalized spacial score (nSPS) is 11.1. The smallest absolute Gasteiger partial charge is 0.478 e. The Labute approximate surface area is 102 Å². The largest absolute Gasteiger partial charge is 0.488 e. The minimum atomic E-state index is -1.65. The molecule has 17 heavy (non-hydrogen) atoms. The summed E-state index contributed by atoms with van der Waals surface area (Å²) in [4.78, 5) is 10.9. The van der Waals surface area contributed by atoms with Crippen LogP contribution in [0.5, 0.6) is 0 Å². The van der Waals surface area contributed by atoms with Crippen molar-refractivity contribution in [2.75, 3.05) is 0 Å². The van der Waals surface area contributed by atoms with Crippen molar-refractivity contribution in [1.82, 2.24) is 0 Å². The average Bonchev–Trinajstić information content (AvgIpc) is 2.14. The summed E-state index contributed by atoms with van der Waals surface area (Å²) in [5.41, 5.74) is 1.08. The standard InChI is InChI=1S/C11H16B2O4/c1-11(2,3)12-8-4-7(10(14)15)5-9(6-8)13(16)17/h4-6,12,16-17H,1-3H3,(H,14,15).